The van der Waals surface area contributed by atoms with Crippen LogP contribution in [0, 0.1) is 0 Å². The maximum absolute atomic E-state index is 5.26. The summed E-state index contributed by atoms with van der Waals surface area (Å²) < 4.78 is 0.535. The first-order valence-electron chi connectivity index (χ1n) is 3.53. The van der Waals surface area contributed by atoms with Crippen LogP contribution in [0.25, 0.3) is 0 Å². The molecule has 0 atom stereocenters. The van der Waals surface area contributed by atoms with E-state index in [0.717, 1.165) is 0 Å². The van der Waals surface area contributed by atoms with Crippen molar-refractivity contribution >= 4 is 52.9 Å². The molecule has 6 nitrogen and oxygen atoms in total. The van der Waals surface area contributed by atoms with Crippen LogP contribution in [-0.4, -0.2) is 52.9 Å². The molecule has 0 saturated heterocycles. The fraction of sp³-hybridized carbons (Fsp3) is 0.333. The fourth-order valence-electron chi connectivity index (χ4n) is 0.393. The van der Waals surface area contributed by atoms with E-state index in [0.29, 0.717) is 11.4 Å². The van der Waals surface area contributed by atoms with E-state index < -0.39 is 0 Å². The molecule has 0 aromatic carbocycles. The first-order valence-corrected chi connectivity index (χ1v) is 5.24. The molecular formula is C6H10CuN6Se2. The maximum Gasteiger partial charge on any atom is 0 e. The van der Waals surface area contributed by atoms with Gasteiger partial charge in [0.05, 0.1) is 0 Å². The Morgan fingerprint density at radius 2 is 1.07 bits per heavy atom. The monoisotopic (exact) mass is 390 g/mol. The molecule has 0 aliphatic heterocycles. The summed E-state index contributed by atoms with van der Waals surface area (Å²) in [5.74, 6) is 0. The SMILES string of the molecule is CC(=N/N=C(/N)[Se])/C(C)=N/N=C(\N)[Se].[64Cu]. The van der Waals surface area contributed by atoms with Crippen molar-refractivity contribution in [3.8, 4) is 0 Å². The third-order valence-electron chi connectivity index (χ3n) is 1.12. The Morgan fingerprint density at radius 1 is 0.800 bits per heavy atom. The number of nitrogens with zero attached hydrogens (tertiary/aromatic N) is 4. The van der Waals surface area contributed by atoms with Crippen molar-refractivity contribution in [2.24, 2.45) is 31.9 Å². The second kappa shape index (κ2) is 9.09. The molecule has 9 heteroatoms. The molecule has 0 bridgehead atoms. The minimum atomic E-state index is 0. The normalized spacial score (nSPS) is 14.8. The van der Waals surface area contributed by atoms with E-state index in [1.54, 1.807) is 13.8 Å². The van der Waals surface area contributed by atoms with Gasteiger partial charge in [-0.05, 0) is 0 Å². The predicted molar refractivity (Wildman–Crippen MR) is 61.0 cm³/mol. The van der Waals surface area contributed by atoms with Gasteiger partial charge in [0.25, 0.3) is 0 Å². The van der Waals surface area contributed by atoms with Crippen LogP contribution >= 0.6 is 0 Å². The molecule has 15 heavy (non-hydrogen) atoms. The summed E-state index contributed by atoms with van der Waals surface area (Å²) in [6.07, 6.45) is 0. The van der Waals surface area contributed by atoms with Gasteiger partial charge < -0.3 is 0 Å². The Balaban J connectivity index is 0. The van der Waals surface area contributed by atoms with Gasteiger partial charge in [-0.2, -0.15) is 0 Å². The third-order valence-corrected chi connectivity index (χ3v) is 1.46. The van der Waals surface area contributed by atoms with Crippen molar-refractivity contribution in [3.63, 3.8) is 0 Å². The Hall–Kier alpha value is -0.162. The van der Waals surface area contributed by atoms with E-state index in [9.17, 15) is 0 Å². The van der Waals surface area contributed by atoms with Gasteiger partial charge in [0.15, 0.2) is 0 Å². The summed E-state index contributed by atoms with van der Waals surface area (Å²) >= 11 is 5.03. The van der Waals surface area contributed by atoms with Gasteiger partial charge in [0.2, 0.25) is 0 Å². The van der Waals surface area contributed by atoms with Crippen molar-refractivity contribution in [3.05, 3.63) is 0 Å². The first-order chi connectivity index (χ1) is 6.43. The second-order valence-corrected chi connectivity index (χ2v) is 4.00. The molecule has 0 rings (SSSR count). The van der Waals surface area contributed by atoms with Crippen molar-refractivity contribution in [1.29, 1.82) is 0 Å². The molecule has 0 fully saturated rings. The van der Waals surface area contributed by atoms with E-state index in [2.05, 4.69) is 52.4 Å². The van der Waals surface area contributed by atoms with Crippen LogP contribution in [0.4, 0.5) is 0 Å². The van der Waals surface area contributed by atoms with Crippen molar-refractivity contribution in [1.82, 2.24) is 0 Å². The minimum Gasteiger partial charge on any atom is 0 e. The zero-order valence-corrected chi connectivity index (χ0v) is 12.4. The van der Waals surface area contributed by atoms with Gasteiger partial charge in [0, 0.05) is 17.1 Å². The number of hydrogen-bond donors (Lipinski definition) is 2. The summed E-state index contributed by atoms with van der Waals surface area (Å²) in [6.45, 7) is 3.49. The molecule has 0 heterocycles. The number of amidine groups is 2. The zero-order valence-electron chi connectivity index (χ0n) is 8.06. The maximum atomic E-state index is 5.26. The Morgan fingerprint density at radius 3 is 1.27 bits per heavy atom. The molecule has 3 radical (unpaired) electrons. The molecular weight excluding hydrogens is 378 g/mol. The van der Waals surface area contributed by atoms with Crippen LogP contribution < -0.4 is 11.5 Å². The largest absolute Gasteiger partial charge is 0 e. The molecule has 0 aliphatic carbocycles. The van der Waals surface area contributed by atoms with Gasteiger partial charge in [-0.1, -0.05) is 0 Å². The van der Waals surface area contributed by atoms with E-state index >= 15 is 0 Å². The number of nitrogens with two attached hydrogens (primary N) is 2. The Bertz CT molecular complexity index is 282. The van der Waals surface area contributed by atoms with Gasteiger partial charge in [0.1, 0.15) is 0 Å². The predicted octanol–water partition coefficient (Wildman–Crippen LogP) is -1.30. The van der Waals surface area contributed by atoms with E-state index in [-0.39, 0.29) is 26.5 Å². The molecule has 0 amide bonds. The average molecular weight is 388 g/mol. The van der Waals surface area contributed by atoms with Crippen LogP contribution in [0.2, 0.25) is 0 Å². The standard InChI is InChI=1S/C6H10N6Se2.Cu/c1-3(9-11-5(7)13)4(2)10-12-6(8)14;/h1-2H3,(H2,7,11)(H2,8,12);/b9-3-,10-4+;/i;1+0. The quantitative estimate of drug-likeness (QED) is 0.272. The number of rotatable bonds is 3. The van der Waals surface area contributed by atoms with Crippen molar-refractivity contribution < 1.29 is 17.1 Å². The molecule has 0 aromatic rings. The van der Waals surface area contributed by atoms with Crippen LogP contribution in [0.1, 0.15) is 13.8 Å². The summed E-state index contributed by atoms with van der Waals surface area (Å²) in [5.41, 5.74) is 11.8. The Kier molecular flexibility index (Phi) is 10.5. The van der Waals surface area contributed by atoms with Crippen LogP contribution in [-0.2, 0) is 17.1 Å². The molecule has 0 saturated carbocycles. The number of hydrogen-bond acceptors (Lipinski definition) is 4. The summed E-state index contributed by atoms with van der Waals surface area (Å²) in [6, 6.07) is 0. The third kappa shape index (κ3) is 10.1. The summed E-state index contributed by atoms with van der Waals surface area (Å²) in [7, 11) is 0. The molecule has 87 valence electrons. The van der Waals surface area contributed by atoms with Crippen LogP contribution in [0.5, 0.6) is 0 Å². The minimum absolute atomic E-state index is 0. The van der Waals surface area contributed by atoms with E-state index in [4.69, 9.17) is 11.5 Å². The van der Waals surface area contributed by atoms with Crippen LogP contribution in [0.3, 0.4) is 0 Å². The van der Waals surface area contributed by atoms with Gasteiger partial charge in [-0.25, -0.2) is 0 Å². The van der Waals surface area contributed by atoms with Crippen molar-refractivity contribution in [2.45, 2.75) is 13.8 Å². The van der Waals surface area contributed by atoms with Crippen molar-refractivity contribution in [2.75, 3.05) is 0 Å². The first kappa shape index (κ1) is 17.2. The molecule has 0 unspecified atom stereocenters. The smallest absolute Gasteiger partial charge is 0 e. The zero-order chi connectivity index (χ0) is 11.1. The average Bonchev–Trinajstić information content (AvgIpc) is 2.09. The molecule has 0 aromatic heterocycles. The topological polar surface area (TPSA) is 101 Å². The van der Waals surface area contributed by atoms with Gasteiger partial charge in [-0.3, -0.25) is 0 Å². The van der Waals surface area contributed by atoms with Gasteiger partial charge >= 0.3 is 98.6 Å². The van der Waals surface area contributed by atoms with Gasteiger partial charge in [-0.15, -0.1) is 0 Å². The van der Waals surface area contributed by atoms with E-state index in [1.165, 1.54) is 0 Å². The molecule has 0 aliphatic rings. The molecule has 4 N–H and O–H groups in total. The molecule has 0 spiro atoms. The fourth-order valence-corrected chi connectivity index (χ4v) is 0.565. The van der Waals surface area contributed by atoms with Crippen LogP contribution in [0.15, 0.2) is 20.4 Å². The second-order valence-electron chi connectivity index (χ2n) is 2.25. The van der Waals surface area contributed by atoms with E-state index in [1.807, 2.05) is 0 Å². The summed E-state index contributed by atoms with van der Waals surface area (Å²) in [4.78, 5) is 0. The summed E-state index contributed by atoms with van der Waals surface area (Å²) in [5, 5.41) is 14.9. The Labute approximate surface area is 115 Å².